The number of aromatic nitrogens is 1. The molecule has 0 amide bonds. The average molecular weight is 394 g/mol. The number of para-hydroxylation sites is 1. The summed E-state index contributed by atoms with van der Waals surface area (Å²) in [6, 6.07) is 14.4. The van der Waals surface area contributed by atoms with Crippen molar-refractivity contribution in [2.75, 3.05) is 0 Å². The van der Waals surface area contributed by atoms with Gasteiger partial charge in [-0.2, -0.15) is 0 Å². The lowest BCUT2D eigenvalue weighted by molar-refractivity contribution is -0.115. The number of carbonyl (C=O) groups excluding carboxylic acids is 1. The maximum Gasteiger partial charge on any atom is 0.268 e. The lowest BCUT2D eigenvalue weighted by atomic mass is 9.85. The van der Waals surface area contributed by atoms with E-state index in [4.69, 9.17) is 0 Å². The molecular weight excluding hydrogens is 370 g/mol. The summed E-state index contributed by atoms with van der Waals surface area (Å²) in [5.41, 5.74) is 3.68. The zero-order chi connectivity index (χ0) is 19.9. The summed E-state index contributed by atoms with van der Waals surface area (Å²) in [6.45, 7) is 4.06. The van der Waals surface area contributed by atoms with Gasteiger partial charge < -0.3 is 0 Å². The van der Waals surface area contributed by atoms with E-state index in [0.29, 0.717) is 24.3 Å². The second-order valence-corrected chi connectivity index (χ2v) is 9.40. The summed E-state index contributed by atoms with van der Waals surface area (Å²) in [5, 5.41) is 0.907. The van der Waals surface area contributed by atoms with Crippen LogP contribution in [0.5, 0.6) is 0 Å². The molecule has 1 aliphatic carbocycles. The Labute approximate surface area is 165 Å². The predicted octanol–water partition coefficient (Wildman–Crippen LogP) is 4.65. The molecule has 1 aromatic heterocycles. The minimum Gasteiger partial charge on any atom is -0.295 e. The number of allylic oxidation sites excluding steroid dienone is 2. The van der Waals surface area contributed by atoms with Crippen LogP contribution in [0, 0.1) is 12.8 Å². The molecule has 4 nitrogen and oxygen atoms in total. The van der Waals surface area contributed by atoms with Gasteiger partial charge in [0.05, 0.1) is 10.4 Å². The Morgan fingerprint density at radius 3 is 2.54 bits per heavy atom. The zero-order valence-electron chi connectivity index (χ0n) is 16.1. The third-order valence-corrected chi connectivity index (χ3v) is 7.22. The Kier molecular flexibility index (Phi) is 4.71. The van der Waals surface area contributed by atoms with Gasteiger partial charge in [0, 0.05) is 18.0 Å². The van der Waals surface area contributed by atoms with Crippen molar-refractivity contribution in [3.8, 4) is 0 Å². The fraction of sp³-hybridized carbons (Fsp3) is 0.261. The topological polar surface area (TPSA) is 56.1 Å². The van der Waals surface area contributed by atoms with Crippen LogP contribution in [0.1, 0.15) is 30.9 Å². The molecule has 1 atom stereocenters. The number of carbonyl (C=O) groups is 1. The molecule has 2 aromatic carbocycles. The molecule has 0 saturated heterocycles. The summed E-state index contributed by atoms with van der Waals surface area (Å²) in [4.78, 5) is 12.1. The van der Waals surface area contributed by atoms with Gasteiger partial charge in [0.25, 0.3) is 10.0 Å². The van der Waals surface area contributed by atoms with Gasteiger partial charge in [-0.3, -0.25) is 4.79 Å². The second-order valence-electron chi connectivity index (χ2n) is 7.59. The fourth-order valence-electron chi connectivity index (χ4n) is 3.79. The molecule has 28 heavy (non-hydrogen) atoms. The third kappa shape index (κ3) is 3.31. The number of fused-ring (bicyclic) bond motifs is 1. The number of benzene rings is 2. The van der Waals surface area contributed by atoms with Gasteiger partial charge in [-0.15, -0.1) is 0 Å². The van der Waals surface area contributed by atoms with Crippen molar-refractivity contribution in [2.24, 2.45) is 5.92 Å². The molecule has 144 valence electrons. The molecule has 1 heterocycles. The van der Waals surface area contributed by atoms with Gasteiger partial charge in [0.15, 0.2) is 5.78 Å². The highest BCUT2D eigenvalue weighted by atomic mass is 32.2. The van der Waals surface area contributed by atoms with Crippen molar-refractivity contribution < 1.29 is 13.2 Å². The van der Waals surface area contributed by atoms with Crippen molar-refractivity contribution >= 4 is 26.7 Å². The molecule has 0 spiro atoms. The number of aryl methyl sites for hydroxylation is 1. The van der Waals surface area contributed by atoms with Crippen LogP contribution in [-0.4, -0.2) is 18.2 Å². The summed E-state index contributed by atoms with van der Waals surface area (Å²) >= 11 is 0. The highest BCUT2D eigenvalue weighted by molar-refractivity contribution is 7.90. The smallest absolute Gasteiger partial charge is 0.268 e. The number of nitrogens with zero attached hydrogens (tertiary/aromatic N) is 1. The minimum atomic E-state index is -3.70. The Balaban J connectivity index is 1.83. The average Bonchev–Trinajstić information content (AvgIpc) is 3.05. The summed E-state index contributed by atoms with van der Waals surface area (Å²) < 4.78 is 27.9. The Morgan fingerprint density at radius 2 is 1.79 bits per heavy atom. The van der Waals surface area contributed by atoms with E-state index in [0.717, 1.165) is 28.5 Å². The second kappa shape index (κ2) is 7.06. The SMILES string of the molecule is Cc1ccc(S(=O)(=O)n2cc(CC3=CC(=O)CC[C@H]3C)c3ccccc32)cc1. The quantitative estimate of drug-likeness (QED) is 0.648. The predicted molar refractivity (Wildman–Crippen MR) is 111 cm³/mol. The Hall–Kier alpha value is -2.66. The fourth-order valence-corrected chi connectivity index (χ4v) is 5.18. The van der Waals surface area contributed by atoms with E-state index < -0.39 is 10.0 Å². The van der Waals surface area contributed by atoms with E-state index in [-0.39, 0.29) is 10.7 Å². The first-order valence-electron chi connectivity index (χ1n) is 9.51. The van der Waals surface area contributed by atoms with Gasteiger partial charge in [-0.1, -0.05) is 48.4 Å². The standard InChI is InChI=1S/C23H23NO3S/c1-16-7-11-21(12-8-16)28(26,27)24-15-19(22-5-3-4-6-23(22)24)13-18-14-20(25)10-9-17(18)2/h3-8,11-12,14-15,17H,9-10,13H2,1-2H3/t17-/m1/s1. The molecule has 0 radical (unpaired) electrons. The molecule has 0 fully saturated rings. The number of hydrogen-bond acceptors (Lipinski definition) is 3. The number of hydrogen-bond donors (Lipinski definition) is 0. The van der Waals surface area contributed by atoms with E-state index in [1.807, 2.05) is 31.2 Å². The number of rotatable bonds is 4. The molecule has 3 aromatic rings. The Bertz CT molecular complexity index is 1180. The van der Waals surface area contributed by atoms with Crippen LogP contribution in [0.25, 0.3) is 10.9 Å². The van der Waals surface area contributed by atoms with E-state index in [1.54, 1.807) is 36.5 Å². The molecule has 0 saturated carbocycles. The summed E-state index contributed by atoms with van der Waals surface area (Å²) in [5.74, 6) is 0.484. The van der Waals surface area contributed by atoms with Crippen molar-refractivity contribution in [3.05, 3.63) is 77.5 Å². The lowest BCUT2D eigenvalue weighted by Gasteiger charge is -2.19. The van der Waals surface area contributed by atoms with Gasteiger partial charge >= 0.3 is 0 Å². The lowest BCUT2D eigenvalue weighted by Crippen LogP contribution is -2.13. The molecule has 4 rings (SSSR count). The first-order chi connectivity index (χ1) is 13.4. The first-order valence-corrected chi connectivity index (χ1v) is 10.9. The molecule has 0 N–H and O–H groups in total. The Morgan fingerprint density at radius 1 is 1.07 bits per heavy atom. The third-order valence-electron chi connectivity index (χ3n) is 5.54. The maximum absolute atomic E-state index is 13.3. The van der Waals surface area contributed by atoms with Crippen LogP contribution in [0.2, 0.25) is 0 Å². The molecule has 0 bridgehead atoms. The molecular formula is C23H23NO3S. The normalized spacial score (nSPS) is 17.7. The van der Waals surface area contributed by atoms with E-state index in [2.05, 4.69) is 6.92 Å². The van der Waals surface area contributed by atoms with Gasteiger partial charge in [-0.25, -0.2) is 12.4 Å². The molecule has 0 aliphatic heterocycles. The first kappa shape index (κ1) is 18.7. The van der Waals surface area contributed by atoms with Crippen molar-refractivity contribution in [1.29, 1.82) is 0 Å². The van der Waals surface area contributed by atoms with Gasteiger partial charge in [-0.05, 0) is 55.5 Å². The van der Waals surface area contributed by atoms with Crippen LogP contribution in [0.4, 0.5) is 0 Å². The monoisotopic (exact) mass is 393 g/mol. The zero-order valence-corrected chi connectivity index (χ0v) is 16.9. The molecule has 0 unspecified atom stereocenters. The van der Waals surface area contributed by atoms with Crippen LogP contribution in [0.3, 0.4) is 0 Å². The highest BCUT2D eigenvalue weighted by Gasteiger charge is 2.23. The minimum absolute atomic E-state index is 0.157. The summed E-state index contributed by atoms with van der Waals surface area (Å²) in [6.07, 6.45) is 5.49. The van der Waals surface area contributed by atoms with Crippen LogP contribution in [-0.2, 0) is 21.2 Å². The van der Waals surface area contributed by atoms with Crippen LogP contribution < -0.4 is 0 Å². The maximum atomic E-state index is 13.3. The van der Waals surface area contributed by atoms with Crippen molar-refractivity contribution in [1.82, 2.24) is 3.97 Å². The van der Waals surface area contributed by atoms with E-state index in [1.165, 1.54) is 3.97 Å². The van der Waals surface area contributed by atoms with Gasteiger partial charge in [0.1, 0.15) is 0 Å². The number of ketones is 1. The largest absolute Gasteiger partial charge is 0.295 e. The summed E-state index contributed by atoms with van der Waals surface area (Å²) in [7, 11) is -3.70. The van der Waals surface area contributed by atoms with Crippen molar-refractivity contribution in [2.45, 2.75) is 38.0 Å². The van der Waals surface area contributed by atoms with Crippen molar-refractivity contribution in [3.63, 3.8) is 0 Å². The van der Waals surface area contributed by atoms with Gasteiger partial charge in [0.2, 0.25) is 0 Å². The van der Waals surface area contributed by atoms with Crippen LogP contribution >= 0.6 is 0 Å². The molecule has 1 aliphatic rings. The highest BCUT2D eigenvalue weighted by Crippen LogP contribution is 2.31. The van der Waals surface area contributed by atoms with E-state index >= 15 is 0 Å². The van der Waals surface area contributed by atoms with E-state index in [9.17, 15) is 13.2 Å². The molecule has 5 heteroatoms. The van der Waals surface area contributed by atoms with Crippen LogP contribution in [0.15, 0.2) is 71.3 Å².